The van der Waals surface area contributed by atoms with Gasteiger partial charge in [-0.1, -0.05) is 0 Å². The van der Waals surface area contributed by atoms with Crippen LogP contribution in [0.4, 0.5) is 0 Å². The lowest BCUT2D eigenvalue weighted by Gasteiger charge is -2.11. The van der Waals surface area contributed by atoms with Crippen molar-refractivity contribution in [3.63, 3.8) is 0 Å². The molecule has 2 heterocycles. The third-order valence-electron chi connectivity index (χ3n) is 3.90. The van der Waals surface area contributed by atoms with E-state index in [1.807, 2.05) is 32.0 Å². The molecule has 26 heavy (non-hydrogen) atoms. The molecule has 0 bridgehead atoms. The van der Waals surface area contributed by atoms with Crippen LogP contribution in [0.1, 0.15) is 16.8 Å². The minimum absolute atomic E-state index is 0. The molecule has 7 nitrogen and oxygen atoms in total. The highest BCUT2D eigenvalue weighted by Crippen LogP contribution is 2.26. The number of imidazole rings is 1. The average Bonchev–Trinajstić information content (AvgIpc) is 3.01. The maximum absolute atomic E-state index is 12.7. The van der Waals surface area contributed by atoms with E-state index in [1.165, 1.54) is 0 Å². The summed E-state index contributed by atoms with van der Waals surface area (Å²) >= 11 is 0. The van der Waals surface area contributed by atoms with Crippen molar-refractivity contribution < 1.29 is 19.2 Å². The van der Waals surface area contributed by atoms with E-state index < -0.39 is 10.8 Å². The van der Waals surface area contributed by atoms with E-state index in [2.05, 4.69) is 15.0 Å². The summed E-state index contributed by atoms with van der Waals surface area (Å²) in [5, 5.41) is 0.430. The van der Waals surface area contributed by atoms with Crippen LogP contribution in [0.5, 0.6) is 11.5 Å². The molecule has 0 saturated heterocycles. The number of aryl methyl sites for hydroxylation is 1. The number of hydrogen-bond donors (Lipinski definition) is 1. The predicted molar refractivity (Wildman–Crippen MR) is 102 cm³/mol. The van der Waals surface area contributed by atoms with Gasteiger partial charge < -0.3 is 19.9 Å². The quantitative estimate of drug-likeness (QED) is 0.670. The first kappa shape index (κ1) is 22.4. The van der Waals surface area contributed by atoms with Crippen molar-refractivity contribution in [2.24, 2.45) is 0 Å². The van der Waals surface area contributed by atoms with E-state index >= 15 is 0 Å². The summed E-state index contributed by atoms with van der Waals surface area (Å²) in [5.41, 5.74) is 4.16. The van der Waals surface area contributed by atoms with E-state index in [-0.39, 0.29) is 34.3 Å². The number of pyridine rings is 1. The molecule has 0 aliphatic heterocycles. The average molecular weight is 388 g/mol. The van der Waals surface area contributed by atoms with Gasteiger partial charge in [0.15, 0.2) is 5.16 Å². The van der Waals surface area contributed by atoms with Crippen LogP contribution in [0.25, 0.3) is 11.0 Å². The number of hydrogen-bond acceptors (Lipinski definition) is 5. The molecule has 2 radical (unpaired) electrons. The molecule has 1 atom stereocenters. The van der Waals surface area contributed by atoms with Crippen LogP contribution in [0.3, 0.4) is 0 Å². The smallest absolute Gasteiger partial charge is 0.197 e. The third kappa shape index (κ3) is 4.34. The fraction of sp³-hybridized carbons (Fsp3) is 0.294. The number of aromatic amines is 1. The SMILES string of the molecule is COc1ccc2nc(S(=O)Cc3ncc(C)c(OC)c3C)[nH]c2c1.O.[Mg]. The summed E-state index contributed by atoms with van der Waals surface area (Å²) in [6.07, 6.45) is 1.74. The molecule has 2 aromatic heterocycles. The van der Waals surface area contributed by atoms with E-state index in [4.69, 9.17) is 9.47 Å². The number of H-pyrrole nitrogens is 1. The molecule has 0 saturated carbocycles. The van der Waals surface area contributed by atoms with Crippen LogP contribution in [-0.4, -0.2) is 61.9 Å². The number of nitrogens with one attached hydrogen (secondary N) is 1. The summed E-state index contributed by atoms with van der Waals surface area (Å²) in [6.45, 7) is 3.86. The summed E-state index contributed by atoms with van der Waals surface area (Å²) in [4.78, 5) is 11.9. The molecule has 9 heteroatoms. The topological polar surface area (TPSA) is 109 Å². The second kappa shape index (κ2) is 9.31. The summed E-state index contributed by atoms with van der Waals surface area (Å²) in [7, 11) is 1.91. The first-order valence-electron chi connectivity index (χ1n) is 7.44. The van der Waals surface area contributed by atoms with Gasteiger partial charge in [-0.05, 0) is 26.0 Å². The Morgan fingerprint density at radius 3 is 2.58 bits per heavy atom. The van der Waals surface area contributed by atoms with Gasteiger partial charge in [0.05, 0.1) is 47.5 Å². The lowest BCUT2D eigenvalue weighted by atomic mass is 10.1. The van der Waals surface area contributed by atoms with E-state index in [9.17, 15) is 4.21 Å². The standard InChI is InChI=1S/C17H19N3O3S.Mg.H2O/c1-10-8-18-15(11(2)16(10)23-4)9-24(21)17-19-13-6-5-12(22-3)7-14(13)20-17;;/h5-8H,9H2,1-4H3,(H,19,20);;1H2. The largest absolute Gasteiger partial charge is 0.497 e. The number of aromatic nitrogens is 3. The van der Waals surface area contributed by atoms with Gasteiger partial charge in [-0.3, -0.25) is 9.19 Å². The van der Waals surface area contributed by atoms with Crippen LogP contribution in [0.2, 0.25) is 0 Å². The lowest BCUT2D eigenvalue weighted by molar-refractivity contribution is 0.407. The number of rotatable bonds is 5. The monoisotopic (exact) mass is 387 g/mol. The number of benzene rings is 1. The number of ether oxygens (including phenoxy) is 2. The first-order valence-corrected chi connectivity index (χ1v) is 8.76. The highest BCUT2D eigenvalue weighted by Gasteiger charge is 2.16. The van der Waals surface area contributed by atoms with Crippen LogP contribution < -0.4 is 9.47 Å². The fourth-order valence-corrected chi connectivity index (χ4v) is 3.71. The van der Waals surface area contributed by atoms with Crippen molar-refractivity contribution >= 4 is 44.9 Å². The summed E-state index contributed by atoms with van der Waals surface area (Å²) < 4.78 is 23.3. The minimum atomic E-state index is -1.33. The lowest BCUT2D eigenvalue weighted by Crippen LogP contribution is -2.05. The zero-order valence-electron chi connectivity index (χ0n) is 15.3. The zero-order chi connectivity index (χ0) is 17.3. The molecule has 3 rings (SSSR count). The number of methoxy groups -OCH3 is 2. The molecule has 0 fully saturated rings. The summed E-state index contributed by atoms with van der Waals surface area (Å²) in [5.74, 6) is 1.79. The van der Waals surface area contributed by atoms with Crippen molar-refractivity contribution in [2.75, 3.05) is 14.2 Å². The van der Waals surface area contributed by atoms with E-state index in [0.717, 1.165) is 39.4 Å². The second-order valence-electron chi connectivity index (χ2n) is 5.46. The number of nitrogens with zero attached hydrogens (tertiary/aromatic N) is 2. The van der Waals surface area contributed by atoms with Crippen LogP contribution in [0.15, 0.2) is 29.6 Å². The molecule has 1 unspecified atom stereocenters. The van der Waals surface area contributed by atoms with Crippen molar-refractivity contribution in [3.05, 3.63) is 41.2 Å². The molecular formula is C17H21MgN3O4S. The van der Waals surface area contributed by atoms with Crippen molar-refractivity contribution in [1.82, 2.24) is 15.0 Å². The minimum Gasteiger partial charge on any atom is -0.497 e. The third-order valence-corrected chi connectivity index (χ3v) is 5.06. The Labute approximate surface area is 170 Å². The van der Waals surface area contributed by atoms with E-state index in [1.54, 1.807) is 20.4 Å². The molecular weight excluding hydrogens is 367 g/mol. The highest BCUT2D eigenvalue weighted by molar-refractivity contribution is 7.84. The van der Waals surface area contributed by atoms with Crippen molar-refractivity contribution in [1.29, 1.82) is 0 Å². The molecule has 0 aliphatic rings. The molecule has 1 aromatic carbocycles. The Morgan fingerprint density at radius 1 is 1.19 bits per heavy atom. The second-order valence-corrected chi connectivity index (χ2v) is 6.83. The molecule has 0 aliphatic carbocycles. The highest BCUT2D eigenvalue weighted by atomic mass is 32.2. The Bertz CT molecular complexity index is 930. The van der Waals surface area contributed by atoms with Gasteiger partial charge in [0.2, 0.25) is 0 Å². The Morgan fingerprint density at radius 2 is 1.92 bits per heavy atom. The van der Waals surface area contributed by atoms with Gasteiger partial charge >= 0.3 is 0 Å². The molecule has 0 amide bonds. The molecule has 3 N–H and O–H groups in total. The Balaban J connectivity index is 0.00000169. The van der Waals surface area contributed by atoms with Gasteiger partial charge in [-0.2, -0.15) is 0 Å². The normalized spacial score (nSPS) is 11.4. The van der Waals surface area contributed by atoms with Gasteiger partial charge in [0.1, 0.15) is 11.5 Å². The van der Waals surface area contributed by atoms with Crippen LogP contribution in [0, 0.1) is 13.8 Å². The predicted octanol–water partition coefficient (Wildman–Crippen LogP) is 1.69. The Kier molecular flexibility index (Phi) is 8.01. The first-order chi connectivity index (χ1) is 11.5. The van der Waals surface area contributed by atoms with Crippen molar-refractivity contribution in [2.45, 2.75) is 24.8 Å². The Hall–Kier alpha value is -1.68. The summed E-state index contributed by atoms with van der Waals surface area (Å²) in [6, 6.07) is 5.50. The molecule has 0 spiro atoms. The van der Waals surface area contributed by atoms with Gasteiger partial charge in [-0.15, -0.1) is 0 Å². The number of fused-ring (bicyclic) bond motifs is 1. The van der Waals surface area contributed by atoms with E-state index in [0.29, 0.717) is 5.16 Å². The molecule has 3 aromatic rings. The molecule has 136 valence electrons. The van der Waals surface area contributed by atoms with Crippen LogP contribution >= 0.6 is 0 Å². The maximum atomic E-state index is 12.7. The zero-order valence-corrected chi connectivity index (χ0v) is 17.5. The fourth-order valence-electron chi connectivity index (χ4n) is 2.61. The maximum Gasteiger partial charge on any atom is 0.197 e. The van der Waals surface area contributed by atoms with Gasteiger partial charge in [0, 0.05) is 46.4 Å². The van der Waals surface area contributed by atoms with Crippen LogP contribution in [-0.2, 0) is 16.6 Å². The van der Waals surface area contributed by atoms with Gasteiger partial charge in [0.25, 0.3) is 0 Å². The van der Waals surface area contributed by atoms with Gasteiger partial charge in [-0.25, -0.2) is 4.98 Å². The van der Waals surface area contributed by atoms with Crippen molar-refractivity contribution in [3.8, 4) is 11.5 Å².